The average molecular weight is 805 g/mol. The number of alkyl halides is 16. The van der Waals surface area contributed by atoms with Gasteiger partial charge in [-0.15, -0.1) is 0 Å². The van der Waals surface area contributed by atoms with E-state index in [2.05, 4.69) is 26.4 Å². The minimum absolute atomic E-state index is 0.191. The highest BCUT2D eigenvalue weighted by Gasteiger charge is 2.85. The average Bonchev–Trinajstić information content (AvgIpc) is 3.03. The molecule has 1 aromatic heterocycles. The van der Waals surface area contributed by atoms with Crippen LogP contribution in [0.25, 0.3) is 11.4 Å². The summed E-state index contributed by atoms with van der Waals surface area (Å²) in [6, 6.07) is 5.99. The lowest BCUT2D eigenvalue weighted by atomic mass is 10.1. The Balaban J connectivity index is 1.80. The van der Waals surface area contributed by atoms with Gasteiger partial charge >= 0.3 is 42.5 Å². The first-order valence-corrected chi connectivity index (χ1v) is 15.4. The van der Waals surface area contributed by atoms with Crippen molar-refractivity contribution in [2.24, 2.45) is 0 Å². The van der Waals surface area contributed by atoms with E-state index >= 15 is 0 Å². The van der Waals surface area contributed by atoms with E-state index in [9.17, 15) is 70.2 Å². The summed E-state index contributed by atoms with van der Waals surface area (Å²) in [4.78, 5) is 8.43. The third-order valence-electron chi connectivity index (χ3n) is 6.76. The Morgan fingerprint density at radius 3 is 1.70 bits per heavy atom. The number of unbranched alkanes of at least 4 members (excludes halogenated alkanes) is 5. The second kappa shape index (κ2) is 18.3. The molecule has 0 fully saturated rings. The predicted molar refractivity (Wildman–Crippen MR) is 150 cm³/mol. The van der Waals surface area contributed by atoms with Gasteiger partial charge < -0.3 is 14.2 Å². The van der Waals surface area contributed by atoms with Crippen LogP contribution in [0, 0.1) is 0 Å². The lowest BCUT2D eigenvalue weighted by molar-refractivity contribution is -0.543. The molecule has 53 heavy (non-hydrogen) atoms. The molecule has 23 heteroatoms. The minimum atomic E-state index is -7.96. The maximum atomic E-state index is 14.1. The van der Waals surface area contributed by atoms with E-state index in [1.54, 1.807) is 12.1 Å². The highest BCUT2D eigenvalue weighted by atomic mass is 19.4. The molecule has 0 spiro atoms. The molecule has 0 bridgehead atoms. The highest BCUT2D eigenvalue weighted by molar-refractivity contribution is 5.56. The van der Waals surface area contributed by atoms with Crippen LogP contribution in [0.5, 0.6) is 11.5 Å². The number of hydrogen-bond acceptors (Lipinski definition) is 7. The van der Waals surface area contributed by atoms with Crippen molar-refractivity contribution >= 4 is 0 Å². The van der Waals surface area contributed by atoms with Crippen LogP contribution in [0.4, 0.5) is 70.2 Å². The van der Waals surface area contributed by atoms with E-state index in [4.69, 9.17) is 9.47 Å². The number of benzene rings is 1. The summed E-state index contributed by atoms with van der Waals surface area (Å²) in [6.07, 6.45) is -28.6. The number of aromatic nitrogens is 2. The molecule has 0 aliphatic heterocycles. The molecule has 1 heterocycles. The lowest BCUT2D eigenvalue weighted by Crippen LogP contribution is -2.64. The maximum absolute atomic E-state index is 14.1. The van der Waals surface area contributed by atoms with Gasteiger partial charge in [0.25, 0.3) is 0 Å². The van der Waals surface area contributed by atoms with E-state index in [1.165, 1.54) is 42.1 Å². The van der Waals surface area contributed by atoms with Gasteiger partial charge in [-0.25, -0.2) is 23.8 Å². The van der Waals surface area contributed by atoms with E-state index < -0.39 is 74.9 Å². The van der Waals surface area contributed by atoms with Gasteiger partial charge in [0.05, 0.1) is 32.2 Å². The smallest absolute Gasteiger partial charge is 0.460 e. The number of ether oxygens (including phenoxy) is 5. The Morgan fingerprint density at radius 1 is 0.604 bits per heavy atom. The molecule has 1 atom stereocenters. The van der Waals surface area contributed by atoms with Crippen LogP contribution in [0.3, 0.4) is 0 Å². The highest BCUT2D eigenvalue weighted by Crippen LogP contribution is 2.56. The topological polar surface area (TPSA) is 71.9 Å². The van der Waals surface area contributed by atoms with E-state index in [1.807, 2.05) is 0 Å². The van der Waals surface area contributed by atoms with Gasteiger partial charge in [0.2, 0.25) is 0 Å². The van der Waals surface area contributed by atoms with Crippen molar-refractivity contribution < 1.29 is 93.9 Å². The van der Waals surface area contributed by atoms with Gasteiger partial charge in [0.1, 0.15) is 18.5 Å². The van der Waals surface area contributed by atoms with Crippen LogP contribution in [-0.4, -0.2) is 85.0 Å². The summed E-state index contributed by atoms with van der Waals surface area (Å²) in [6.45, 7) is -1.64. The van der Waals surface area contributed by atoms with Gasteiger partial charge in [-0.1, -0.05) is 39.0 Å². The summed E-state index contributed by atoms with van der Waals surface area (Å²) >= 11 is 0. The molecule has 2 rings (SSSR count). The molecule has 0 saturated carbocycles. The monoisotopic (exact) mass is 804 g/mol. The Kier molecular flexibility index (Phi) is 15.8. The first-order chi connectivity index (χ1) is 24.3. The molecule has 0 unspecified atom stereocenters. The third kappa shape index (κ3) is 12.9. The lowest BCUT2D eigenvalue weighted by Gasteiger charge is -2.36. The fraction of sp³-hybridized carbons (Fsp3) is 0.667. The van der Waals surface area contributed by atoms with E-state index in [0.29, 0.717) is 23.7 Å². The van der Waals surface area contributed by atoms with Crippen LogP contribution < -0.4 is 9.47 Å². The predicted octanol–water partition coefficient (Wildman–Crippen LogP) is 10.2. The molecule has 0 aliphatic rings. The Hall–Kier alpha value is -3.34. The SMILES string of the molecule is CCCCCCCCOc1cnc(-c2ccc(OCC[C@H](F)COCC(F)(F)OC(F)(F)C(F)(F)OC(F)(F)C(F)(F)C(F)(F)C(F)(F)F)cc2)nc1. The van der Waals surface area contributed by atoms with Gasteiger partial charge in [0, 0.05) is 12.0 Å². The number of nitrogens with zero attached hydrogens (tertiary/aromatic N) is 2. The Labute approximate surface area is 290 Å². The standard InChI is InChI=1S/C30H32F16N2O5/c1-2-3-4-5-6-7-13-50-22-15-47-23(48-16-22)19-8-10-21(11-9-19)51-14-12-20(31)17-49-18-24(32,33)52-29(43,44)30(45,46)53-28(41,42)26(36,37)25(34,35)27(38,39)40/h8-11,15-16,20H,2-7,12-14,17-18H2,1H3/t20-/m0/s1. The largest absolute Gasteiger partial charge is 0.493 e. The van der Waals surface area contributed by atoms with Crippen LogP contribution in [-0.2, 0) is 14.2 Å². The van der Waals surface area contributed by atoms with Crippen molar-refractivity contribution in [1.29, 1.82) is 0 Å². The molecule has 1 aromatic carbocycles. The third-order valence-corrected chi connectivity index (χ3v) is 6.76. The molecule has 0 radical (unpaired) electrons. The second-order valence-electron chi connectivity index (χ2n) is 11.2. The van der Waals surface area contributed by atoms with Crippen LogP contribution >= 0.6 is 0 Å². The van der Waals surface area contributed by atoms with E-state index in [-0.39, 0.29) is 5.75 Å². The van der Waals surface area contributed by atoms with Crippen molar-refractivity contribution in [2.75, 3.05) is 26.4 Å². The zero-order valence-corrected chi connectivity index (χ0v) is 27.3. The number of hydrogen-bond donors (Lipinski definition) is 0. The molecule has 0 aliphatic carbocycles. The first-order valence-electron chi connectivity index (χ1n) is 15.4. The Bertz CT molecular complexity index is 1380. The maximum Gasteiger partial charge on any atom is 0.460 e. The fourth-order valence-corrected chi connectivity index (χ4v) is 3.93. The van der Waals surface area contributed by atoms with Crippen molar-refractivity contribution in [1.82, 2.24) is 9.97 Å². The molecule has 2 aromatic rings. The summed E-state index contributed by atoms with van der Waals surface area (Å²) in [5.41, 5.74) is 0.560. The summed E-state index contributed by atoms with van der Waals surface area (Å²) in [7, 11) is 0. The normalized spacial score (nSPS) is 14.4. The molecular formula is C30H32F16N2O5. The molecule has 7 nitrogen and oxygen atoms in total. The zero-order valence-electron chi connectivity index (χ0n) is 27.3. The molecule has 0 N–H and O–H groups in total. The first kappa shape index (κ1) is 45.8. The Morgan fingerprint density at radius 2 is 1.13 bits per heavy atom. The van der Waals surface area contributed by atoms with Gasteiger partial charge in [-0.2, -0.15) is 65.9 Å². The zero-order chi connectivity index (χ0) is 40.4. The van der Waals surface area contributed by atoms with Crippen molar-refractivity contribution in [2.45, 2.75) is 100 Å². The van der Waals surface area contributed by atoms with E-state index in [0.717, 1.165) is 25.7 Å². The van der Waals surface area contributed by atoms with Crippen LogP contribution in [0.2, 0.25) is 0 Å². The quantitative estimate of drug-likeness (QED) is 0.0773. The van der Waals surface area contributed by atoms with Crippen LogP contribution in [0.1, 0.15) is 51.9 Å². The van der Waals surface area contributed by atoms with Gasteiger partial charge in [-0.3, -0.25) is 0 Å². The van der Waals surface area contributed by atoms with Crippen LogP contribution in [0.15, 0.2) is 36.7 Å². The summed E-state index contributed by atoms with van der Waals surface area (Å²) in [5.74, 6) is -14.8. The molecular weight excluding hydrogens is 772 g/mol. The summed E-state index contributed by atoms with van der Waals surface area (Å²) in [5, 5.41) is 0. The van der Waals surface area contributed by atoms with Gasteiger partial charge in [0.15, 0.2) is 11.6 Å². The van der Waals surface area contributed by atoms with Crippen molar-refractivity contribution in [3.05, 3.63) is 36.7 Å². The van der Waals surface area contributed by atoms with Crippen molar-refractivity contribution in [3.63, 3.8) is 0 Å². The summed E-state index contributed by atoms with van der Waals surface area (Å²) < 4.78 is 229. The molecule has 0 amide bonds. The van der Waals surface area contributed by atoms with Crippen molar-refractivity contribution in [3.8, 4) is 22.9 Å². The second-order valence-corrected chi connectivity index (χ2v) is 11.2. The molecule has 304 valence electrons. The number of halogens is 16. The molecule has 0 saturated heterocycles. The minimum Gasteiger partial charge on any atom is -0.493 e. The van der Waals surface area contributed by atoms with Gasteiger partial charge in [-0.05, 0) is 30.7 Å². The number of rotatable bonds is 24. The fourth-order valence-electron chi connectivity index (χ4n) is 3.93.